The number of nitrogens with zero attached hydrogens (tertiary/aromatic N) is 4. The van der Waals surface area contributed by atoms with E-state index >= 15 is 0 Å². The molecule has 32 heavy (non-hydrogen) atoms. The number of aromatic nitrogens is 5. The molecular formula is C23H28N6O2S. The summed E-state index contributed by atoms with van der Waals surface area (Å²) in [4.78, 5) is 25.1. The number of nitrogens with one attached hydrogen (secondary N) is 1. The van der Waals surface area contributed by atoms with Gasteiger partial charge >= 0.3 is 0 Å². The molecule has 0 unspecified atom stereocenters. The Balaban J connectivity index is 1.89. The van der Waals surface area contributed by atoms with Gasteiger partial charge in [-0.1, -0.05) is 6.92 Å². The lowest BCUT2D eigenvalue weighted by Crippen LogP contribution is -2.28. The average molecular weight is 453 g/mol. The number of ether oxygens (including phenoxy) is 1. The first-order valence-electron chi connectivity index (χ1n) is 10.7. The second kappa shape index (κ2) is 8.48. The minimum atomic E-state index is -0.510. The molecule has 0 aliphatic carbocycles. The third-order valence-corrected chi connectivity index (χ3v) is 6.28. The molecule has 0 amide bonds. The Hall–Kier alpha value is -3.04. The van der Waals surface area contributed by atoms with Crippen molar-refractivity contribution in [3.63, 3.8) is 0 Å². The normalized spacial score (nSPS) is 11.9. The van der Waals surface area contributed by atoms with Crippen molar-refractivity contribution in [3.8, 4) is 28.4 Å². The zero-order valence-electron chi connectivity index (χ0n) is 19.0. The number of aryl methyl sites for hydroxylation is 2. The molecule has 0 saturated carbocycles. The van der Waals surface area contributed by atoms with E-state index in [2.05, 4.69) is 16.9 Å². The van der Waals surface area contributed by atoms with Gasteiger partial charge in [0.25, 0.3) is 5.56 Å². The van der Waals surface area contributed by atoms with Crippen LogP contribution in [0.4, 0.5) is 0 Å². The zero-order valence-corrected chi connectivity index (χ0v) is 19.8. The van der Waals surface area contributed by atoms with Crippen molar-refractivity contribution < 1.29 is 4.74 Å². The van der Waals surface area contributed by atoms with Gasteiger partial charge in [-0.25, -0.2) is 14.5 Å². The van der Waals surface area contributed by atoms with E-state index < -0.39 is 5.54 Å². The maximum absolute atomic E-state index is 12.9. The van der Waals surface area contributed by atoms with Gasteiger partial charge in [-0.2, -0.15) is 0 Å². The van der Waals surface area contributed by atoms with E-state index in [1.165, 1.54) is 11.3 Å². The Morgan fingerprint density at radius 1 is 1.25 bits per heavy atom. The zero-order chi connectivity index (χ0) is 23.0. The molecule has 0 fully saturated rings. The van der Waals surface area contributed by atoms with E-state index in [4.69, 9.17) is 20.6 Å². The Morgan fingerprint density at radius 2 is 2.03 bits per heavy atom. The Labute approximate surface area is 190 Å². The molecule has 168 valence electrons. The van der Waals surface area contributed by atoms with Crippen molar-refractivity contribution in [1.82, 2.24) is 24.6 Å². The fourth-order valence-electron chi connectivity index (χ4n) is 3.60. The highest BCUT2D eigenvalue weighted by Crippen LogP contribution is 2.34. The highest BCUT2D eigenvalue weighted by molar-refractivity contribution is 7.10. The topological polar surface area (TPSA) is 111 Å². The van der Waals surface area contributed by atoms with Crippen LogP contribution in [-0.4, -0.2) is 31.2 Å². The van der Waals surface area contributed by atoms with Crippen LogP contribution in [0.2, 0.25) is 0 Å². The molecule has 0 atom stereocenters. The van der Waals surface area contributed by atoms with Gasteiger partial charge in [-0.05, 0) is 52.3 Å². The summed E-state index contributed by atoms with van der Waals surface area (Å²) in [6.07, 6.45) is 1.64. The van der Waals surface area contributed by atoms with Gasteiger partial charge in [0.15, 0.2) is 11.3 Å². The van der Waals surface area contributed by atoms with Crippen molar-refractivity contribution in [1.29, 1.82) is 0 Å². The van der Waals surface area contributed by atoms with Gasteiger partial charge < -0.3 is 15.5 Å². The van der Waals surface area contributed by atoms with Crippen LogP contribution < -0.4 is 16.0 Å². The first kappa shape index (κ1) is 22.2. The Morgan fingerprint density at radius 3 is 2.69 bits per heavy atom. The van der Waals surface area contributed by atoms with Crippen LogP contribution in [0.25, 0.3) is 28.2 Å². The molecule has 0 saturated heterocycles. The monoisotopic (exact) mass is 452 g/mol. The van der Waals surface area contributed by atoms with Crippen molar-refractivity contribution in [3.05, 3.63) is 50.5 Å². The summed E-state index contributed by atoms with van der Waals surface area (Å²) in [7, 11) is 0. The van der Waals surface area contributed by atoms with Gasteiger partial charge in [0.05, 0.1) is 29.1 Å². The lowest BCUT2D eigenvalue weighted by molar-refractivity contribution is 0.341. The van der Waals surface area contributed by atoms with E-state index in [-0.39, 0.29) is 5.56 Å². The maximum Gasteiger partial charge on any atom is 0.277 e. The lowest BCUT2D eigenvalue weighted by Gasteiger charge is -2.14. The minimum absolute atomic E-state index is 0.226. The molecule has 0 spiro atoms. The number of fused-ring (bicyclic) bond motifs is 1. The average Bonchev–Trinajstić information content (AvgIpc) is 3.35. The molecule has 4 rings (SSSR count). The summed E-state index contributed by atoms with van der Waals surface area (Å²) in [5.74, 6) is 1.84. The molecule has 0 aliphatic rings. The minimum Gasteiger partial charge on any atom is -0.493 e. The quantitative estimate of drug-likeness (QED) is 0.437. The van der Waals surface area contributed by atoms with Crippen molar-refractivity contribution in [2.45, 2.75) is 53.0 Å². The molecule has 3 heterocycles. The number of nitrogens with two attached hydrogens (primary N) is 1. The first-order valence-corrected chi connectivity index (χ1v) is 11.6. The smallest absolute Gasteiger partial charge is 0.277 e. The van der Waals surface area contributed by atoms with Crippen LogP contribution >= 0.6 is 11.3 Å². The first-order chi connectivity index (χ1) is 15.2. The number of thiazole rings is 1. The van der Waals surface area contributed by atoms with E-state index in [0.29, 0.717) is 35.0 Å². The number of aromatic amines is 1. The van der Waals surface area contributed by atoms with Crippen LogP contribution in [0.15, 0.2) is 28.4 Å². The van der Waals surface area contributed by atoms with Crippen molar-refractivity contribution >= 4 is 16.9 Å². The van der Waals surface area contributed by atoms with Gasteiger partial charge in [0, 0.05) is 17.4 Å². The highest BCUT2D eigenvalue weighted by atomic mass is 32.1. The Bertz CT molecular complexity index is 1330. The molecule has 1 aromatic carbocycles. The predicted molar refractivity (Wildman–Crippen MR) is 127 cm³/mol. The fraction of sp³-hybridized carbons (Fsp3) is 0.391. The molecule has 0 bridgehead atoms. The Kier molecular flexibility index (Phi) is 5.87. The van der Waals surface area contributed by atoms with Crippen LogP contribution in [-0.2, 0) is 12.0 Å². The highest BCUT2D eigenvalue weighted by Gasteiger charge is 2.21. The summed E-state index contributed by atoms with van der Waals surface area (Å²) >= 11 is 1.53. The molecule has 4 aromatic rings. The summed E-state index contributed by atoms with van der Waals surface area (Å²) in [5, 5.41) is 7.59. The van der Waals surface area contributed by atoms with Crippen LogP contribution in [0, 0.1) is 6.92 Å². The van der Waals surface area contributed by atoms with E-state index in [1.807, 2.05) is 51.3 Å². The number of benzene rings is 1. The SMILES string of the molecule is CCCc1nc(C)c2c(=O)[nH]c(-c3cc(-c4csc(C(C)(C)N)n4)ccc3OCC)nn12. The maximum atomic E-state index is 12.9. The third kappa shape index (κ3) is 4.05. The van der Waals surface area contributed by atoms with Crippen LogP contribution in [0.3, 0.4) is 0 Å². The third-order valence-electron chi connectivity index (χ3n) is 5.10. The lowest BCUT2D eigenvalue weighted by atomic mass is 10.1. The second-order valence-corrected chi connectivity index (χ2v) is 9.19. The standard InChI is InChI=1S/C23H28N6O2S/c1-6-8-18-25-13(3)19-21(30)27-20(28-29(18)19)15-11-14(9-10-17(15)31-7-2)16-12-32-22(26-16)23(4,5)24/h9-12H,6-8,24H2,1-5H3,(H,27,28,30). The van der Waals surface area contributed by atoms with E-state index in [0.717, 1.165) is 34.9 Å². The number of hydrogen-bond acceptors (Lipinski definition) is 7. The number of H-pyrrole nitrogens is 1. The summed E-state index contributed by atoms with van der Waals surface area (Å²) in [6.45, 7) is 10.2. The van der Waals surface area contributed by atoms with Crippen LogP contribution in [0.5, 0.6) is 5.75 Å². The summed E-state index contributed by atoms with van der Waals surface area (Å²) in [6, 6.07) is 5.79. The van der Waals surface area contributed by atoms with Gasteiger partial charge in [0.1, 0.15) is 16.6 Å². The molecule has 0 aliphatic heterocycles. The molecule has 0 radical (unpaired) electrons. The number of hydrogen-bond donors (Lipinski definition) is 2. The summed E-state index contributed by atoms with van der Waals surface area (Å²) in [5.41, 5.74) is 9.03. The molecular weight excluding hydrogens is 424 g/mol. The number of rotatable bonds is 7. The molecule has 3 aromatic heterocycles. The largest absolute Gasteiger partial charge is 0.493 e. The molecule has 9 heteroatoms. The van der Waals surface area contributed by atoms with Gasteiger partial charge in [0.2, 0.25) is 0 Å². The van der Waals surface area contributed by atoms with E-state index in [1.54, 1.807) is 4.52 Å². The second-order valence-electron chi connectivity index (χ2n) is 8.33. The molecule has 8 nitrogen and oxygen atoms in total. The van der Waals surface area contributed by atoms with E-state index in [9.17, 15) is 4.79 Å². The number of imidazole rings is 1. The fourth-order valence-corrected chi connectivity index (χ4v) is 4.47. The molecule has 3 N–H and O–H groups in total. The predicted octanol–water partition coefficient (Wildman–Crippen LogP) is 4.06. The summed E-state index contributed by atoms with van der Waals surface area (Å²) < 4.78 is 7.51. The van der Waals surface area contributed by atoms with Crippen molar-refractivity contribution in [2.75, 3.05) is 6.61 Å². The van der Waals surface area contributed by atoms with Crippen LogP contribution in [0.1, 0.15) is 50.6 Å². The van der Waals surface area contributed by atoms with Gasteiger partial charge in [-0.3, -0.25) is 4.79 Å². The van der Waals surface area contributed by atoms with Gasteiger partial charge in [-0.15, -0.1) is 16.4 Å². The van der Waals surface area contributed by atoms with Crippen molar-refractivity contribution in [2.24, 2.45) is 5.73 Å².